The molecule has 106 valence electrons. The Hall–Kier alpha value is -2.00. The van der Waals surface area contributed by atoms with Crippen LogP contribution in [0.25, 0.3) is 10.6 Å². The van der Waals surface area contributed by atoms with Gasteiger partial charge in [0.05, 0.1) is 22.6 Å². The maximum Gasteiger partial charge on any atom is 0.308 e. The van der Waals surface area contributed by atoms with E-state index in [1.165, 1.54) is 0 Å². The van der Waals surface area contributed by atoms with Gasteiger partial charge in [-0.2, -0.15) is 4.39 Å². The Morgan fingerprint density at radius 2 is 2.10 bits per heavy atom. The fourth-order valence-electron chi connectivity index (χ4n) is 1.51. The summed E-state index contributed by atoms with van der Waals surface area (Å²) in [6.45, 7) is 1.83. The third kappa shape index (κ3) is 2.63. The van der Waals surface area contributed by atoms with Crippen LogP contribution in [-0.4, -0.2) is 22.2 Å². The van der Waals surface area contributed by atoms with Gasteiger partial charge in [0.25, 0.3) is 0 Å². The van der Waals surface area contributed by atoms with Crippen molar-refractivity contribution in [3.63, 3.8) is 0 Å². The molecular formula is C11H10F2N4O2S. The molecule has 0 aliphatic carbocycles. The minimum absolute atomic E-state index is 0.0993. The van der Waals surface area contributed by atoms with Crippen LogP contribution < -0.4 is 5.32 Å². The summed E-state index contributed by atoms with van der Waals surface area (Å²) >= 11 is 1.05. The van der Waals surface area contributed by atoms with Gasteiger partial charge in [-0.1, -0.05) is 11.3 Å². The second kappa shape index (κ2) is 5.55. The van der Waals surface area contributed by atoms with E-state index in [0.717, 1.165) is 17.4 Å². The average molecular weight is 300 g/mol. The normalized spacial score (nSPS) is 12.4. The van der Waals surface area contributed by atoms with Crippen molar-refractivity contribution in [1.29, 1.82) is 0 Å². The van der Waals surface area contributed by atoms with Gasteiger partial charge in [-0.25, -0.2) is 4.39 Å². The second-order valence-corrected chi connectivity index (χ2v) is 5.01. The monoisotopic (exact) mass is 300 g/mol. The Bertz CT molecular complexity index is 662. The molecule has 1 heterocycles. The van der Waals surface area contributed by atoms with Gasteiger partial charge in [0.15, 0.2) is 5.01 Å². The van der Waals surface area contributed by atoms with Crippen molar-refractivity contribution in [3.8, 4) is 10.6 Å². The maximum absolute atomic E-state index is 14.0. The Morgan fingerprint density at radius 3 is 2.70 bits per heavy atom. The summed E-state index contributed by atoms with van der Waals surface area (Å²) < 4.78 is 27.4. The van der Waals surface area contributed by atoms with Crippen LogP contribution in [0.3, 0.4) is 0 Å². The molecule has 6 nitrogen and oxygen atoms in total. The lowest BCUT2D eigenvalue weighted by Gasteiger charge is -2.03. The highest BCUT2D eigenvalue weighted by Crippen LogP contribution is 2.33. The predicted octanol–water partition coefficient (Wildman–Crippen LogP) is 2.67. The fraction of sp³-hybridized carbons (Fsp3) is 0.273. The van der Waals surface area contributed by atoms with Crippen LogP contribution in [-0.2, 0) is 0 Å². The van der Waals surface area contributed by atoms with Crippen molar-refractivity contribution in [1.82, 2.24) is 15.5 Å². The van der Waals surface area contributed by atoms with Crippen LogP contribution in [0.2, 0.25) is 0 Å². The first kappa shape index (κ1) is 14.4. The van der Waals surface area contributed by atoms with Gasteiger partial charge in [-0.15, -0.1) is 10.2 Å². The molecule has 0 fully saturated rings. The number of benzene rings is 1. The summed E-state index contributed by atoms with van der Waals surface area (Å²) in [5.74, 6) is -2.01. The van der Waals surface area contributed by atoms with E-state index in [4.69, 9.17) is 0 Å². The van der Waals surface area contributed by atoms with Crippen LogP contribution in [0.5, 0.6) is 0 Å². The molecule has 2 rings (SSSR count). The van der Waals surface area contributed by atoms with E-state index >= 15 is 0 Å². The highest BCUT2D eigenvalue weighted by molar-refractivity contribution is 7.14. The van der Waals surface area contributed by atoms with Gasteiger partial charge in [0, 0.05) is 0 Å². The number of nitrogens with zero attached hydrogens (tertiary/aromatic N) is 3. The molecule has 0 saturated carbocycles. The summed E-state index contributed by atoms with van der Waals surface area (Å²) in [6.07, 6.45) is 0. The van der Waals surface area contributed by atoms with Crippen molar-refractivity contribution in [2.24, 2.45) is 0 Å². The largest absolute Gasteiger partial charge is 0.311 e. The average Bonchev–Trinajstić information content (AvgIpc) is 2.89. The number of rotatable bonds is 4. The third-order valence-corrected chi connectivity index (χ3v) is 3.83. The number of nitrogens with one attached hydrogen (secondary N) is 1. The first-order valence-electron chi connectivity index (χ1n) is 5.58. The minimum atomic E-state index is -1.11. The molecule has 0 aliphatic heterocycles. The van der Waals surface area contributed by atoms with Crippen molar-refractivity contribution in [3.05, 3.63) is 38.9 Å². The van der Waals surface area contributed by atoms with Crippen LogP contribution in [0.1, 0.15) is 18.0 Å². The van der Waals surface area contributed by atoms with Crippen molar-refractivity contribution >= 4 is 17.0 Å². The van der Waals surface area contributed by atoms with Gasteiger partial charge in [-0.3, -0.25) is 10.1 Å². The molecule has 0 radical (unpaired) electrons. The van der Waals surface area contributed by atoms with Gasteiger partial charge in [0.1, 0.15) is 10.8 Å². The Labute approximate surface area is 116 Å². The summed E-state index contributed by atoms with van der Waals surface area (Å²) in [7, 11) is 1.72. The van der Waals surface area contributed by atoms with Crippen molar-refractivity contribution in [2.75, 3.05) is 7.05 Å². The van der Waals surface area contributed by atoms with Crippen molar-refractivity contribution in [2.45, 2.75) is 13.0 Å². The second-order valence-electron chi connectivity index (χ2n) is 4.00. The lowest BCUT2D eigenvalue weighted by molar-refractivity contribution is -0.387. The molecule has 20 heavy (non-hydrogen) atoms. The zero-order valence-electron chi connectivity index (χ0n) is 10.6. The number of halogens is 2. The van der Waals surface area contributed by atoms with Gasteiger partial charge >= 0.3 is 5.69 Å². The van der Waals surface area contributed by atoms with Crippen LogP contribution in [0, 0.1) is 21.7 Å². The molecule has 1 atom stereocenters. The zero-order chi connectivity index (χ0) is 14.9. The lowest BCUT2D eigenvalue weighted by Crippen LogP contribution is -2.11. The Morgan fingerprint density at radius 1 is 1.40 bits per heavy atom. The molecule has 1 aromatic carbocycles. The molecule has 1 N–H and O–H groups in total. The summed E-state index contributed by atoms with van der Waals surface area (Å²) in [5.41, 5.74) is -1.18. The molecule has 2 aromatic rings. The molecule has 0 bridgehead atoms. The zero-order valence-corrected chi connectivity index (χ0v) is 11.4. The number of hydrogen-bond acceptors (Lipinski definition) is 6. The van der Waals surface area contributed by atoms with E-state index in [-0.39, 0.29) is 16.6 Å². The van der Waals surface area contributed by atoms with Crippen LogP contribution in [0.15, 0.2) is 12.1 Å². The van der Waals surface area contributed by atoms with E-state index in [2.05, 4.69) is 15.5 Å². The van der Waals surface area contributed by atoms with Gasteiger partial charge in [-0.05, 0) is 20.0 Å². The molecule has 0 spiro atoms. The van der Waals surface area contributed by atoms with Gasteiger partial charge < -0.3 is 5.32 Å². The lowest BCUT2D eigenvalue weighted by atomic mass is 10.2. The predicted molar refractivity (Wildman–Crippen MR) is 69.4 cm³/mol. The Kier molecular flexibility index (Phi) is 4.00. The van der Waals surface area contributed by atoms with Crippen LogP contribution in [0.4, 0.5) is 14.5 Å². The third-order valence-electron chi connectivity index (χ3n) is 2.69. The first-order valence-corrected chi connectivity index (χ1v) is 6.40. The van der Waals surface area contributed by atoms with E-state index < -0.39 is 22.2 Å². The van der Waals surface area contributed by atoms with E-state index in [9.17, 15) is 18.9 Å². The highest BCUT2D eigenvalue weighted by atomic mass is 32.1. The molecule has 0 amide bonds. The summed E-state index contributed by atoms with van der Waals surface area (Å²) in [4.78, 5) is 9.70. The molecule has 9 heteroatoms. The van der Waals surface area contributed by atoms with E-state index in [1.807, 2.05) is 6.92 Å². The molecule has 0 saturated heterocycles. The van der Waals surface area contributed by atoms with Gasteiger partial charge in [0.2, 0.25) is 5.82 Å². The van der Waals surface area contributed by atoms with E-state index in [0.29, 0.717) is 11.1 Å². The number of hydrogen-bond donors (Lipinski definition) is 1. The van der Waals surface area contributed by atoms with Crippen LogP contribution >= 0.6 is 11.3 Å². The quantitative estimate of drug-likeness (QED) is 0.693. The summed E-state index contributed by atoms with van der Waals surface area (Å²) in [6, 6.07) is 1.31. The Balaban J connectivity index is 2.52. The standard InChI is InChI=1S/C11H10F2N4O2S/c1-5(14-2)10-15-16-11(20-10)7-3-6(12)4-8(9(7)13)17(18)19/h3-5,14H,1-2H3. The number of nitro benzene ring substituents is 1. The highest BCUT2D eigenvalue weighted by Gasteiger charge is 2.23. The number of aromatic nitrogens is 2. The maximum atomic E-state index is 14.0. The van der Waals surface area contributed by atoms with Crippen molar-refractivity contribution < 1.29 is 13.7 Å². The fourth-order valence-corrected chi connectivity index (χ4v) is 2.42. The number of nitro groups is 1. The molecule has 1 aromatic heterocycles. The topological polar surface area (TPSA) is 81.0 Å². The minimum Gasteiger partial charge on any atom is -0.311 e. The SMILES string of the molecule is CNC(C)c1nnc(-c2cc(F)cc([N+](=O)[O-])c2F)s1. The molecule has 0 aliphatic rings. The first-order chi connectivity index (χ1) is 9.43. The summed E-state index contributed by atoms with van der Waals surface area (Å²) in [5, 5.41) is 21.9. The molecular weight excluding hydrogens is 290 g/mol. The smallest absolute Gasteiger partial charge is 0.308 e. The van der Waals surface area contributed by atoms with E-state index in [1.54, 1.807) is 7.05 Å². The molecule has 1 unspecified atom stereocenters.